The van der Waals surface area contributed by atoms with Crippen LogP contribution in [0.25, 0.3) is 0 Å². The molecular weight excluding hydrogens is 130 g/mol. The maximum Gasteiger partial charge on any atom is 0.199 e. The fourth-order valence-electron chi connectivity index (χ4n) is 0.602. The minimum atomic E-state index is -0.189. The van der Waals surface area contributed by atoms with Gasteiger partial charge in [-0.2, -0.15) is 0 Å². The Bertz CT molecular complexity index is 125. The average Bonchev–Trinajstić information content (AvgIpc) is 2.46. The predicted molar refractivity (Wildman–Crippen MR) is 38.3 cm³/mol. The van der Waals surface area contributed by atoms with Gasteiger partial charge < -0.3 is 15.2 Å². The quantitative estimate of drug-likeness (QED) is 0.598. The van der Waals surface area contributed by atoms with Crippen molar-refractivity contribution in [2.24, 2.45) is 5.73 Å². The summed E-state index contributed by atoms with van der Waals surface area (Å²) in [4.78, 5) is 0. The van der Waals surface area contributed by atoms with Crippen molar-refractivity contribution >= 4 is 0 Å². The maximum atomic E-state index is 5.46. The van der Waals surface area contributed by atoms with Crippen LogP contribution >= 0.6 is 0 Å². The molecule has 0 radical (unpaired) electrons. The van der Waals surface area contributed by atoms with Gasteiger partial charge in [0.05, 0.1) is 5.60 Å². The molecule has 0 saturated carbocycles. The van der Waals surface area contributed by atoms with Crippen molar-refractivity contribution in [3.8, 4) is 0 Å². The Balaban J connectivity index is 2.24. The molecule has 1 rings (SSSR count). The van der Waals surface area contributed by atoms with Gasteiger partial charge >= 0.3 is 0 Å². The highest BCUT2D eigenvalue weighted by molar-refractivity contribution is 4.75. The van der Waals surface area contributed by atoms with Crippen LogP contribution in [0, 0.1) is 0 Å². The zero-order valence-corrected chi connectivity index (χ0v) is 6.76. The van der Waals surface area contributed by atoms with Crippen molar-refractivity contribution in [2.45, 2.75) is 45.3 Å². The Morgan fingerprint density at radius 3 is 2.40 bits per heavy atom. The summed E-state index contributed by atoms with van der Waals surface area (Å²) in [6.07, 6.45) is 0.625. The minimum absolute atomic E-state index is 0.0984. The Morgan fingerprint density at radius 2 is 2.10 bits per heavy atom. The molecule has 1 saturated heterocycles. The van der Waals surface area contributed by atoms with E-state index in [1.165, 1.54) is 0 Å². The van der Waals surface area contributed by atoms with Crippen LogP contribution in [0.1, 0.15) is 27.2 Å². The van der Waals surface area contributed by atoms with E-state index in [9.17, 15) is 0 Å². The summed E-state index contributed by atoms with van der Waals surface area (Å²) < 4.78 is 10.4. The van der Waals surface area contributed by atoms with Gasteiger partial charge in [0.15, 0.2) is 12.5 Å². The van der Waals surface area contributed by atoms with Gasteiger partial charge in [-0.1, -0.05) is 6.92 Å². The van der Waals surface area contributed by atoms with Crippen LogP contribution in [0.3, 0.4) is 0 Å². The number of epoxide rings is 1. The lowest BCUT2D eigenvalue weighted by Gasteiger charge is -2.21. The molecule has 0 aliphatic carbocycles. The van der Waals surface area contributed by atoms with Crippen molar-refractivity contribution in [1.29, 1.82) is 0 Å². The molecule has 1 aliphatic rings. The van der Waals surface area contributed by atoms with Gasteiger partial charge in [0.25, 0.3) is 0 Å². The Labute approximate surface area is 61.5 Å². The summed E-state index contributed by atoms with van der Waals surface area (Å²) in [5.41, 5.74) is 5.28. The fourth-order valence-corrected chi connectivity index (χ4v) is 0.602. The molecule has 1 aliphatic heterocycles. The second-order valence-electron chi connectivity index (χ2n) is 3.20. The average molecular weight is 145 g/mol. The lowest BCUT2D eigenvalue weighted by atomic mass is 10.1. The molecule has 0 aromatic rings. The summed E-state index contributed by atoms with van der Waals surface area (Å²) in [5.74, 6) is 0. The van der Waals surface area contributed by atoms with Gasteiger partial charge in [0.2, 0.25) is 0 Å². The molecule has 2 N–H and O–H groups in total. The molecule has 3 nitrogen and oxygen atoms in total. The Morgan fingerprint density at radius 1 is 1.60 bits per heavy atom. The number of hydrogen-bond acceptors (Lipinski definition) is 3. The van der Waals surface area contributed by atoms with E-state index < -0.39 is 0 Å². The van der Waals surface area contributed by atoms with E-state index in [1.807, 2.05) is 13.8 Å². The van der Waals surface area contributed by atoms with Crippen LogP contribution in [-0.2, 0) is 9.47 Å². The molecule has 0 aromatic heterocycles. The second kappa shape index (κ2) is 2.49. The number of nitrogens with two attached hydrogens (primary N) is 1. The predicted octanol–water partition coefficient (Wildman–Crippen LogP) is 0.833. The van der Waals surface area contributed by atoms with Crippen LogP contribution in [0.5, 0.6) is 0 Å². The summed E-state index contributed by atoms with van der Waals surface area (Å²) in [5, 5.41) is 0. The van der Waals surface area contributed by atoms with E-state index >= 15 is 0 Å². The van der Waals surface area contributed by atoms with Crippen LogP contribution in [0.15, 0.2) is 0 Å². The molecule has 0 amide bonds. The molecular formula is C7H15NO2. The second-order valence-corrected chi connectivity index (χ2v) is 3.20. The van der Waals surface area contributed by atoms with E-state index in [1.54, 1.807) is 0 Å². The third-order valence-corrected chi connectivity index (χ3v) is 1.77. The standard InChI is InChI=1S/C7H15NO2/c1-4-7(2,3)10-6-5(8)9-6/h5-6H,4,8H2,1-3H3. The third-order valence-electron chi connectivity index (χ3n) is 1.77. The van der Waals surface area contributed by atoms with E-state index in [0.29, 0.717) is 0 Å². The monoisotopic (exact) mass is 145 g/mol. The molecule has 0 spiro atoms. The first-order chi connectivity index (χ1) is 4.55. The van der Waals surface area contributed by atoms with Gasteiger partial charge in [-0.15, -0.1) is 0 Å². The molecule has 60 valence electrons. The van der Waals surface area contributed by atoms with Gasteiger partial charge in [-0.25, -0.2) is 0 Å². The zero-order valence-electron chi connectivity index (χ0n) is 6.76. The molecule has 2 unspecified atom stereocenters. The van der Waals surface area contributed by atoms with Gasteiger partial charge in [0.1, 0.15) is 0 Å². The minimum Gasteiger partial charge on any atom is -0.343 e. The molecule has 1 fully saturated rings. The first-order valence-corrected chi connectivity index (χ1v) is 3.64. The maximum absolute atomic E-state index is 5.46. The van der Waals surface area contributed by atoms with Crippen molar-refractivity contribution in [3.63, 3.8) is 0 Å². The summed E-state index contributed by atoms with van der Waals surface area (Å²) >= 11 is 0. The smallest absolute Gasteiger partial charge is 0.199 e. The van der Waals surface area contributed by atoms with Gasteiger partial charge in [-0.05, 0) is 20.3 Å². The van der Waals surface area contributed by atoms with Crippen molar-refractivity contribution in [3.05, 3.63) is 0 Å². The molecule has 1 heterocycles. The highest BCUT2D eigenvalue weighted by atomic mass is 16.8. The largest absolute Gasteiger partial charge is 0.343 e. The van der Waals surface area contributed by atoms with Crippen LogP contribution in [0.4, 0.5) is 0 Å². The summed E-state index contributed by atoms with van der Waals surface area (Å²) in [6, 6.07) is 0. The molecule has 3 heteroatoms. The highest BCUT2D eigenvalue weighted by Gasteiger charge is 2.40. The van der Waals surface area contributed by atoms with E-state index in [-0.39, 0.29) is 18.1 Å². The SMILES string of the molecule is CCC(C)(C)OC1OC1N. The van der Waals surface area contributed by atoms with Crippen LogP contribution < -0.4 is 5.73 Å². The van der Waals surface area contributed by atoms with Crippen molar-refractivity contribution in [2.75, 3.05) is 0 Å². The number of rotatable bonds is 3. The van der Waals surface area contributed by atoms with E-state index in [2.05, 4.69) is 6.92 Å². The first-order valence-electron chi connectivity index (χ1n) is 3.64. The van der Waals surface area contributed by atoms with E-state index in [0.717, 1.165) is 6.42 Å². The van der Waals surface area contributed by atoms with Crippen LogP contribution in [-0.4, -0.2) is 18.1 Å². The Kier molecular flexibility index (Phi) is 1.99. The molecule has 0 aromatic carbocycles. The first kappa shape index (κ1) is 7.98. The summed E-state index contributed by atoms with van der Waals surface area (Å²) in [6.45, 7) is 6.14. The normalized spacial score (nSPS) is 32.4. The fraction of sp³-hybridized carbons (Fsp3) is 1.00. The Hall–Kier alpha value is -0.120. The molecule has 0 bridgehead atoms. The topological polar surface area (TPSA) is 47.8 Å². The van der Waals surface area contributed by atoms with Crippen molar-refractivity contribution < 1.29 is 9.47 Å². The highest BCUT2D eigenvalue weighted by Crippen LogP contribution is 2.26. The number of hydrogen-bond donors (Lipinski definition) is 1. The van der Waals surface area contributed by atoms with Crippen LogP contribution in [0.2, 0.25) is 0 Å². The van der Waals surface area contributed by atoms with E-state index in [4.69, 9.17) is 15.2 Å². The third kappa shape index (κ3) is 1.94. The van der Waals surface area contributed by atoms with Gasteiger partial charge in [0, 0.05) is 0 Å². The van der Waals surface area contributed by atoms with Gasteiger partial charge in [-0.3, -0.25) is 0 Å². The molecule has 2 atom stereocenters. The zero-order chi connectivity index (χ0) is 7.78. The summed E-state index contributed by atoms with van der Waals surface area (Å²) in [7, 11) is 0. The molecule has 10 heavy (non-hydrogen) atoms. The number of ether oxygens (including phenoxy) is 2. The van der Waals surface area contributed by atoms with Crippen molar-refractivity contribution in [1.82, 2.24) is 0 Å². The lowest BCUT2D eigenvalue weighted by Crippen LogP contribution is -2.26. The lowest BCUT2D eigenvalue weighted by molar-refractivity contribution is -0.0704.